The monoisotopic (exact) mass is 146 g/mol. The van der Waals surface area contributed by atoms with Crippen molar-refractivity contribution in [3.63, 3.8) is 0 Å². The van der Waals surface area contributed by atoms with Crippen LogP contribution in [-0.4, -0.2) is 11.1 Å². The minimum absolute atomic E-state index is 0.0822. The molecule has 54 valence electrons. The number of aromatic nitrogens is 1. The number of hydrogen-bond acceptors (Lipinski definition) is 3. The molecule has 2 atom stereocenters. The molecule has 0 unspecified atom stereocenters. The molecular formula is C8H6N2O. The van der Waals surface area contributed by atoms with Crippen LogP contribution in [0.3, 0.4) is 0 Å². The highest BCUT2D eigenvalue weighted by Crippen LogP contribution is 2.36. The minimum atomic E-state index is -0.273. The maximum absolute atomic E-state index is 8.43. The Kier molecular flexibility index (Phi) is 1.34. The first-order chi connectivity index (χ1) is 5.42. The average Bonchev–Trinajstić information content (AvgIpc) is 2.85. The fourth-order valence-corrected chi connectivity index (χ4v) is 0.980. The zero-order chi connectivity index (χ0) is 7.68. The lowest BCUT2D eigenvalue weighted by molar-refractivity contribution is 0.393. The van der Waals surface area contributed by atoms with Gasteiger partial charge < -0.3 is 4.74 Å². The molecule has 0 aliphatic carbocycles. The number of rotatable bonds is 1. The Morgan fingerprint density at radius 1 is 1.55 bits per heavy atom. The van der Waals surface area contributed by atoms with E-state index in [9.17, 15) is 0 Å². The fraction of sp³-hybridized carbons (Fsp3) is 0.250. The fourth-order valence-electron chi connectivity index (χ4n) is 0.980. The molecule has 1 fully saturated rings. The largest absolute Gasteiger partial charge is 0.347 e. The Morgan fingerprint density at radius 2 is 2.45 bits per heavy atom. The number of epoxide rings is 1. The van der Waals surface area contributed by atoms with E-state index < -0.39 is 0 Å². The van der Waals surface area contributed by atoms with Crippen LogP contribution >= 0.6 is 0 Å². The molecule has 1 aromatic heterocycles. The van der Waals surface area contributed by atoms with E-state index in [1.807, 2.05) is 24.3 Å². The topological polar surface area (TPSA) is 49.2 Å². The third-order valence-electron chi connectivity index (χ3n) is 1.60. The van der Waals surface area contributed by atoms with Crippen LogP contribution < -0.4 is 0 Å². The standard InChI is InChI=1S/C8H6N2O/c9-5-7-8(11-7)6-3-1-2-4-10-6/h1-4,7-8H/t7-,8+/m0/s1. The Hall–Kier alpha value is -1.40. The van der Waals surface area contributed by atoms with Gasteiger partial charge >= 0.3 is 0 Å². The van der Waals surface area contributed by atoms with Gasteiger partial charge in [0, 0.05) is 6.20 Å². The highest BCUT2D eigenvalue weighted by atomic mass is 16.6. The first-order valence-electron chi connectivity index (χ1n) is 3.38. The number of hydrogen-bond donors (Lipinski definition) is 0. The average molecular weight is 146 g/mol. The molecule has 1 saturated heterocycles. The molecule has 0 spiro atoms. The van der Waals surface area contributed by atoms with Gasteiger partial charge in [0.25, 0.3) is 0 Å². The summed E-state index contributed by atoms with van der Waals surface area (Å²) in [5.74, 6) is 0. The summed E-state index contributed by atoms with van der Waals surface area (Å²) in [7, 11) is 0. The highest BCUT2D eigenvalue weighted by molar-refractivity contribution is 5.18. The molecule has 0 amide bonds. The van der Waals surface area contributed by atoms with E-state index in [-0.39, 0.29) is 12.2 Å². The van der Waals surface area contributed by atoms with Crippen molar-refractivity contribution in [3.8, 4) is 6.07 Å². The van der Waals surface area contributed by atoms with Gasteiger partial charge in [-0.2, -0.15) is 5.26 Å². The molecule has 2 heterocycles. The highest BCUT2D eigenvalue weighted by Gasteiger charge is 2.41. The summed E-state index contributed by atoms with van der Waals surface area (Å²) in [6.07, 6.45) is 1.34. The maximum Gasteiger partial charge on any atom is 0.176 e. The van der Waals surface area contributed by atoms with Crippen LogP contribution in [0.1, 0.15) is 11.8 Å². The van der Waals surface area contributed by atoms with Crippen molar-refractivity contribution in [2.45, 2.75) is 12.2 Å². The number of ether oxygens (including phenoxy) is 1. The minimum Gasteiger partial charge on any atom is -0.347 e. The Morgan fingerprint density at radius 3 is 3.00 bits per heavy atom. The Bertz CT molecular complexity index is 291. The summed E-state index contributed by atoms with van der Waals surface area (Å²) < 4.78 is 5.03. The van der Waals surface area contributed by atoms with Crippen LogP contribution in [0.25, 0.3) is 0 Å². The van der Waals surface area contributed by atoms with Crippen molar-refractivity contribution in [1.82, 2.24) is 4.98 Å². The Labute approximate surface area is 64.2 Å². The lowest BCUT2D eigenvalue weighted by Gasteiger charge is -1.89. The van der Waals surface area contributed by atoms with E-state index in [4.69, 9.17) is 10.00 Å². The molecule has 2 rings (SSSR count). The van der Waals surface area contributed by atoms with Gasteiger partial charge in [-0.3, -0.25) is 4.98 Å². The molecule has 3 nitrogen and oxygen atoms in total. The second-order valence-electron chi connectivity index (χ2n) is 2.36. The van der Waals surface area contributed by atoms with E-state index in [2.05, 4.69) is 4.98 Å². The van der Waals surface area contributed by atoms with Crippen LogP contribution in [0.2, 0.25) is 0 Å². The van der Waals surface area contributed by atoms with E-state index >= 15 is 0 Å². The molecule has 0 bridgehead atoms. The lowest BCUT2D eigenvalue weighted by atomic mass is 10.2. The Balaban J connectivity index is 2.16. The van der Waals surface area contributed by atoms with Crippen LogP contribution in [-0.2, 0) is 4.74 Å². The van der Waals surface area contributed by atoms with Crippen molar-refractivity contribution in [1.29, 1.82) is 5.26 Å². The predicted octanol–water partition coefficient (Wildman–Crippen LogP) is 1.05. The smallest absolute Gasteiger partial charge is 0.176 e. The van der Waals surface area contributed by atoms with Gasteiger partial charge in [0.05, 0.1) is 11.8 Å². The molecule has 11 heavy (non-hydrogen) atoms. The molecular weight excluding hydrogens is 140 g/mol. The summed E-state index contributed by atoms with van der Waals surface area (Å²) >= 11 is 0. The van der Waals surface area contributed by atoms with Gasteiger partial charge in [0.2, 0.25) is 0 Å². The van der Waals surface area contributed by atoms with E-state index in [1.54, 1.807) is 6.20 Å². The quantitative estimate of drug-likeness (QED) is 0.556. The van der Waals surface area contributed by atoms with Crippen LogP contribution in [0, 0.1) is 11.3 Å². The summed E-state index contributed by atoms with van der Waals surface area (Å²) in [5.41, 5.74) is 0.846. The number of nitriles is 1. The van der Waals surface area contributed by atoms with Gasteiger partial charge in [0.15, 0.2) is 6.10 Å². The molecule has 1 aliphatic rings. The van der Waals surface area contributed by atoms with Gasteiger partial charge in [0.1, 0.15) is 6.10 Å². The van der Waals surface area contributed by atoms with E-state index in [1.165, 1.54) is 0 Å². The first-order valence-corrected chi connectivity index (χ1v) is 3.38. The molecule has 0 radical (unpaired) electrons. The van der Waals surface area contributed by atoms with Gasteiger partial charge in [-0.15, -0.1) is 0 Å². The van der Waals surface area contributed by atoms with Crippen molar-refractivity contribution in [2.75, 3.05) is 0 Å². The summed E-state index contributed by atoms with van der Waals surface area (Å²) in [5, 5.41) is 8.43. The third-order valence-corrected chi connectivity index (χ3v) is 1.60. The summed E-state index contributed by atoms with van der Waals surface area (Å²) in [6.45, 7) is 0. The SMILES string of the molecule is N#C[C@@H]1O[C@@H]1c1ccccn1. The molecule has 0 saturated carbocycles. The van der Waals surface area contributed by atoms with Crippen LogP contribution in [0.5, 0.6) is 0 Å². The zero-order valence-corrected chi connectivity index (χ0v) is 5.77. The van der Waals surface area contributed by atoms with Gasteiger partial charge in [-0.25, -0.2) is 0 Å². The maximum atomic E-state index is 8.43. The molecule has 0 aromatic carbocycles. The van der Waals surface area contributed by atoms with Crippen LogP contribution in [0.15, 0.2) is 24.4 Å². The molecule has 3 heteroatoms. The van der Waals surface area contributed by atoms with Crippen molar-refractivity contribution in [3.05, 3.63) is 30.1 Å². The van der Waals surface area contributed by atoms with Gasteiger partial charge in [-0.1, -0.05) is 6.07 Å². The lowest BCUT2D eigenvalue weighted by Crippen LogP contribution is -1.87. The second kappa shape index (κ2) is 2.33. The summed E-state index contributed by atoms with van der Waals surface area (Å²) in [6, 6.07) is 7.62. The molecule has 1 aromatic rings. The normalized spacial score (nSPS) is 27.5. The third kappa shape index (κ3) is 1.08. The number of pyridine rings is 1. The predicted molar refractivity (Wildman–Crippen MR) is 37.5 cm³/mol. The van der Waals surface area contributed by atoms with Crippen molar-refractivity contribution >= 4 is 0 Å². The van der Waals surface area contributed by atoms with E-state index in [0.29, 0.717) is 0 Å². The molecule has 1 aliphatic heterocycles. The zero-order valence-electron chi connectivity index (χ0n) is 5.77. The summed E-state index contributed by atoms with van der Waals surface area (Å²) in [4.78, 5) is 4.06. The molecule has 0 N–H and O–H groups in total. The number of nitrogens with zero attached hydrogens (tertiary/aromatic N) is 2. The van der Waals surface area contributed by atoms with Crippen molar-refractivity contribution in [2.24, 2.45) is 0 Å². The van der Waals surface area contributed by atoms with Crippen molar-refractivity contribution < 1.29 is 4.74 Å². The van der Waals surface area contributed by atoms with Crippen LogP contribution in [0.4, 0.5) is 0 Å². The first kappa shape index (κ1) is 6.32. The van der Waals surface area contributed by atoms with Gasteiger partial charge in [-0.05, 0) is 12.1 Å². The van der Waals surface area contributed by atoms with E-state index in [0.717, 1.165) is 5.69 Å². The second-order valence-corrected chi connectivity index (χ2v) is 2.36.